The van der Waals surface area contributed by atoms with E-state index < -0.39 is 31.9 Å². The second-order valence-electron chi connectivity index (χ2n) is 17.6. The molecule has 0 atom stereocenters. The molecule has 2 nitrogen and oxygen atoms in total. The molecule has 1 aliphatic carbocycles. The van der Waals surface area contributed by atoms with Crippen LogP contribution in [0.5, 0.6) is 0 Å². The van der Waals surface area contributed by atoms with Crippen LogP contribution in [0.1, 0.15) is 83.8 Å². The molecule has 1 fully saturated rings. The summed E-state index contributed by atoms with van der Waals surface area (Å²) in [6.45, 7) is 8.48. The van der Waals surface area contributed by atoms with E-state index in [1.165, 1.54) is 31.2 Å². The molecule has 5 heteroatoms. The van der Waals surface area contributed by atoms with Gasteiger partial charge in [0.05, 0.1) is 0 Å². The molecule has 0 spiro atoms. The Kier molecular flexibility index (Phi) is 11.0. The van der Waals surface area contributed by atoms with Crippen molar-refractivity contribution in [2.45, 2.75) is 96.2 Å². The largest absolute Gasteiger partial charge is 0 e. The summed E-state index contributed by atoms with van der Waals surface area (Å²) < 4.78 is 44.5. The maximum Gasteiger partial charge on any atom is 0 e. The monoisotopic (exact) mass is 1000 g/mol. The number of aryl methyl sites for hydroxylation is 1. The number of aromatic nitrogens is 2. The van der Waals surface area contributed by atoms with Crippen molar-refractivity contribution < 1.29 is 27.0 Å². The molecule has 8 rings (SSSR count). The molecule has 0 bridgehead atoms. The van der Waals surface area contributed by atoms with Gasteiger partial charge in [0.25, 0.3) is 0 Å². The fraction of sp³-hybridized carbons (Fsp3) is 0.333. The topological polar surface area (TPSA) is 25.8 Å². The minimum absolute atomic E-state index is 0. The van der Waals surface area contributed by atoms with Crippen molar-refractivity contribution in [3.8, 4) is 33.6 Å². The number of pyridine rings is 2. The molecule has 3 heterocycles. The van der Waals surface area contributed by atoms with E-state index >= 15 is 0 Å². The van der Waals surface area contributed by atoms with Gasteiger partial charge in [-0.15, -0.1) is 17.7 Å². The summed E-state index contributed by atoms with van der Waals surface area (Å²) >= 11 is -0.601. The van der Waals surface area contributed by atoms with Crippen molar-refractivity contribution in [3.63, 3.8) is 0 Å². The Bertz CT molecular complexity index is 2620. The van der Waals surface area contributed by atoms with Gasteiger partial charge in [-0.25, -0.2) is 0 Å². The Morgan fingerprint density at radius 2 is 1.61 bits per heavy atom. The standard InChI is InChI=1S/C32H30NS.C19H26GeN.Ir/c1-21-13-14-27-29(19-21)34-31-26(16-15-25(30(27)31)22-9-5-4-6-10-22)28-20-24(17-18-33-28)32(2,3)23-11-7-8-12-23;1-19(2,3)13-16-12-18(15-10-8-7-9-11-15)21-14-17(16)20(4,5)6;/h4-6,9-10,13-15,17-20,23H,7-8,11-12H2,1-3H3;7-10,12,14H,13H2,1-6H3;/q2*-1;/i1D3;13D2;. The molecule has 0 unspecified atom stereocenters. The number of fused-ring (bicyclic) bond motifs is 3. The van der Waals surface area contributed by atoms with Crippen LogP contribution in [0.15, 0.2) is 109 Å². The maximum absolute atomic E-state index is 8.76. The molecular weight excluding hydrogens is 937 g/mol. The van der Waals surface area contributed by atoms with Crippen molar-refractivity contribution in [3.05, 3.63) is 138 Å². The molecule has 1 saturated carbocycles. The fourth-order valence-corrected chi connectivity index (χ4v) is 12.2. The van der Waals surface area contributed by atoms with Crippen LogP contribution < -0.4 is 4.40 Å². The Labute approximate surface area is 363 Å². The van der Waals surface area contributed by atoms with Gasteiger partial charge in [0, 0.05) is 35.1 Å². The molecular formula is C51H56GeIrN2S-2. The summed E-state index contributed by atoms with van der Waals surface area (Å²) in [4.78, 5) is 9.44. The number of benzene rings is 4. The van der Waals surface area contributed by atoms with Gasteiger partial charge in [0.15, 0.2) is 0 Å². The summed E-state index contributed by atoms with van der Waals surface area (Å²) in [5.74, 6) is 7.55. The van der Waals surface area contributed by atoms with Crippen LogP contribution in [-0.4, -0.2) is 23.2 Å². The van der Waals surface area contributed by atoms with E-state index in [2.05, 4.69) is 78.6 Å². The maximum atomic E-state index is 8.76. The van der Waals surface area contributed by atoms with Crippen LogP contribution in [0.4, 0.5) is 0 Å². The van der Waals surface area contributed by atoms with Crippen LogP contribution in [0.3, 0.4) is 0 Å². The zero-order valence-corrected chi connectivity index (χ0v) is 39.2. The third-order valence-electron chi connectivity index (χ3n) is 11.0. The molecule has 1 radical (unpaired) electrons. The molecule has 4 aromatic carbocycles. The van der Waals surface area contributed by atoms with Gasteiger partial charge in [-0.3, -0.25) is 0 Å². The van der Waals surface area contributed by atoms with Gasteiger partial charge in [-0.1, -0.05) is 91.7 Å². The molecule has 0 aliphatic heterocycles. The number of rotatable bonds is 7. The van der Waals surface area contributed by atoms with Crippen molar-refractivity contribution in [1.29, 1.82) is 0 Å². The number of hydrogen-bond donors (Lipinski definition) is 0. The summed E-state index contributed by atoms with van der Waals surface area (Å²) in [6, 6.07) is 38.8. The minimum atomic E-state index is -2.24. The Balaban J connectivity index is 0.000000225. The second-order valence-corrected chi connectivity index (χ2v) is 29.2. The number of hydrogen-bond acceptors (Lipinski definition) is 3. The van der Waals surface area contributed by atoms with E-state index in [-0.39, 0.29) is 25.5 Å². The Hall–Kier alpha value is -3.41. The average Bonchev–Trinajstić information content (AvgIpc) is 3.90. The van der Waals surface area contributed by atoms with E-state index in [0.29, 0.717) is 11.5 Å². The normalized spacial score (nSPS) is 15.5. The van der Waals surface area contributed by atoms with Gasteiger partial charge in [0.1, 0.15) is 0 Å². The molecule has 3 aromatic heterocycles. The Morgan fingerprint density at radius 3 is 2.29 bits per heavy atom. The quantitative estimate of drug-likeness (QED) is 0.117. The predicted molar refractivity (Wildman–Crippen MR) is 241 cm³/mol. The summed E-state index contributed by atoms with van der Waals surface area (Å²) in [5.41, 5.74) is 7.95. The molecule has 1 aliphatic rings. The van der Waals surface area contributed by atoms with Crippen LogP contribution in [-0.2, 0) is 31.9 Å². The van der Waals surface area contributed by atoms with Crippen LogP contribution in [0, 0.1) is 30.3 Å². The van der Waals surface area contributed by atoms with Gasteiger partial charge in [-0.05, 0) is 70.1 Å². The smallest absolute Gasteiger partial charge is 0 e. The van der Waals surface area contributed by atoms with Gasteiger partial charge in [-0.2, -0.15) is 11.3 Å². The second kappa shape index (κ2) is 17.2. The average molecular weight is 999 g/mol. The number of thiophene rings is 1. The molecule has 7 aromatic rings. The molecule has 0 amide bonds. The predicted octanol–water partition coefficient (Wildman–Crippen LogP) is 14.0. The minimum Gasteiger partial charge on any atom is 0 e. The zero-order chi connectivity index (χ0) is 43.3. The van der Waals surface area contributed by atoms with Gasteiger partial charge >= 0.3 is 135 Å². The van der Waals surface area contributed by atoms with Crippen LogP contribution in [0.2, 0.25) is 17.3 Å². The van der Waals surface area contributed by atoms with Crippen molar-refractivity contribution in [1.82, 2.24) is 9.97 Å². The molecule has 0 saturated heterocycles. The zero-order valence-electron chi connectivity index (χ0n) is 38.9. The van der Waals surface area contributed by atoms with E-state index in [1.54, 1.807) is 17.4 Å². The third kappa shape index (κ3) is 9.31. The summed E-state index contributed by atoms with van der Waals surface area (Å²) in [6.07, 6.45) is 7.65. The van der Waals surface area contributed by atoms with Crippen molar-refractivity contribution in [2.24, 2.45) is 11.3 Å². The molecule has 56 heavy (non-hydrogen) atoms. The third-order valence-corrected chi connectivity index (χ3v) is 16.4. The van der Waals surface area contributed by atoms with E-state index in [1.807, 2.05) is 93.8 Å². The fourth-order valence-electron chi connectivity index (χ4n) is 7.97. The van der Waals surface area contributed by atoms with Crippen molar-refractivity contribution >= 4 is 49.2 Å². The first-order valence-corrected chi connectivity index (χ1v) is 27.8. The van der Waals surface area contributed by atoms with E-state index in [9.17, 15) is 0 Å². The first-order valence-electron chi connectivity index (χ1n) is 22.1. The van der Waals surface area contributed by atoms with Crippen LogP contribution >= 0.6 is 11.3 Å². The summed E-state index contributed by atoms with van der Waals surface area (Å²) in [5, 5.41) is 2.21. The summed E-state index contributed by atoms with van der Waals surface area (Å²) in [7, 11) is 0. The SMILES string of the molecule is [2H]C([2H])([2H])c1ccc2c(c1)sc1c(-c3cc(C(C)(C)C4CCCC4)ccn3)[c-]cc(-c3ccccc3)c12.[2H]C([2H])(c1cc(-c2[c-]cccc2)nc[c]1[Ge]([CH3])([CH3])[CH3])C(C)(C)C.[Ir]. The van der Waals surface area contributed by atoms with E-state index in [0.717, 1.165) is 63.8 Å². The van der Waals surface area contributed by atoms with Gasteiger partial charge in [0.2, 0.25) is 0 Å². The van der Waals surface area contributed by atoms with Gasteiger partial charge < -0.3 is 4.98 Å². The molecule has 291 valence electrons. The van der Waals surface area contributed by atoms with Crippen molar-refractivity contribution in [2.75, 3.05) is 0 Å². The first-order chi connectivity index (χ1) is 28.2. The number of nitrogens with zero attached hydrogens (tertiary/aromatic N) is 2. The Morgan fingerprint density at radius 1 is 0.857 bits per heavy atom. The molecule has 0 N–H and O–H groups in total. The first kappa shape index (κ1) is 35.7. The van der Waals surface area contributed by atoms with E-state index in [4.69, 9.17) is 11.8 Å². The van der Waals surface area contributed by atoms with Crippen LogP contribution in [0.25, 0.3) is 53.8 Å².